The smallest absolute Gasteiger partial charge is 0.305 e. The maximum atomic E-state index is 9.70. The fraction of sp³-hybridized carbons (Fsp3) is 0.375. The summed E-state index contributed by atoms with van der Waals surface area (Å²) in [6.45, 7) is 15.3. The minimum absolute atomic E-state index is 0.231. The summed E-state index contributed by atoms with van der Waals surface area (Å²) >= 11 is 0. The Morgan fingerprint density at radius 2 is 1.30 bits per heavy atom. The van der Waals surface area contributed by atoms with Crippen LogP contribution in [-0.2, 0) is 4.79 Å². The maximum Gasteiger partial charge on any atom is 0.305 e. The molecule has 0 aliphatic heterocycles. The molecule has 0 spiro atoms. The van der Waals surface area contributed by atoms with Crippen molar-refractivity contribution in [1.29, 1.82) is 0 Å². The SMILES string of the molecule is C=C.C=C.CC(C)C(=O)O. The fourth-order valence-corrected chi connectivity index (χ4v) is 0. The van der Waals surface area contributed by atoms with Crippen LogP contribution < -0.4 is 0 Å². The number of rotatable bonds is 1. The van der Waals surface area contributed by atoms with Crippen molar-refractivity contribution in [1.82, 2.24) is 0 Å². The number of carbonyl (C=O) groups is 1. The Labute approximate surface area is 62.9 Å². The second-order valence-corrected chi connectivity index (χ2v) is 1.49. The lowest BCUT2D eigenvalue weighted by Crippen LogP contribution is -2.03. The Morgan fingerprint density at radius 1 is 1.20 bits per heavy atom. The Balaban J connectivity index is -0.000000105. The molecule has 0 heterocycles. The van der Waals surface area contributed by atoms with Crippen molar-refractivity contribution >= 4 is 5.97 Å². The van der Waals surface area contributed by atoms with Gasteiger partial charge in [-0.05, 0) is 0 Å². The Hall–Kier alpha value is -1.05. The number of carboxylic acids is 1. The summed E-state index contributed by atoms with van der Waals surface area (Å²) in [5.41, 5.74) is 0. The van der Waals surface area contributed by atoms with E-state index in [0.717, 1.165) is 0 Å². The van der Waals surface area contributed by atoms with Gasteiger partial charge >= 0.3 is 5.97 Å². The molecule has 0 aromatic rings. The largest absolute Gasteiger partial charge is 0.481 e. The third kappa shape index (κ3) is 28.3. The summed E-state index contributed by atoms with van der Waals surface area (Å²) in [7, 11) is 0. The molecular formula is C8H16O2. The lowest BCUT2D eigenvalue weighted by Gasteiger charge is -1.89. The van der Waals surface area contributed by atoms with Crippen molar-refractivity contribution in [3.05, 3.63) is 26.3 Å². The highest BCUT2D eigenvalue weighted by Crippen LogP contribution is 1.87. The first kappa shape index (κ1) is 16.0. The van der Waals surface area contributed by atoms with Gasteiger partial charge in [-0.2, -0.15) is 0 Å². The molecule has 10 heavy (non-hydrogen) atoms. The number of hydrogen-bond donors (Lipinski definition) is 1. The van der Waals surface area contributed by atoms with Gasteiger partial charge in [-0.25, -0.2) is 0 Å². The first-order chi connectivity index (χ1) is 4.64. The van der Waals surface area contributed by atoms with E-state index in [1.54, 1.807) is 13.8 Å². The topological polar surface area (TPSA) is 37.3 Å². The van der Waals surface area contributed by atoms with Crippen LogP contribution in [0.3, 0.4) is 0 Å². The zero-order valence-corrected chi connectivity index (χ0v) is 6.76. The molecule has 0 aromatic carbocycles. The zero-order valence-electron chi connectivity index (χ0n) is 6.76. The molecule has 60 valence electrons. The molecule has 2 nitrogen and oxygen atoms in total. The van der Waals surface area contributed by atoms with Crippen molar-refractivity contribution in [2.75, 3.05) is 0 Å². The van der Waals surface area contributed by atoms with Crippen molar-refractivity contribution in [2.45, 2.75) is 13.8 Å². The molecule has 0 bridgehead atoms. The van der Waals surface area contributed by atoms with E-state index in [1.807, 2.05) is 0 Å². The highest BCUT2D eigenvalue weighted by atomic mass is 16.4. The standard InChI is InChI=1S/C4H8O2.2C2H4/c1-3(2)4(5)6;2*1-2/h3H,1-2H3,(H,5,6);2*1-2H2. The lowest BCUT2D eigenvalue weighted by atomic mass is 10.2. The predicted molar refractivity (Wildman–Crippen MR) is 45.0 cm³/mol. The maximum absolute atomic E-state index is 9.70. The van der Waals surface area contributed by atoms with Crippen LogP contribution in [0.4, 0.5) is 0 Å². The minimum atomic E-state index is -0.741. The number of hydrogen-bond acceptors (Lipinski definition) is 1. The van der Waals surface area contributed by atoms with E-state index in [2.05, 4.69) is 26.3 Å². The molecule has 0 radical (unpaired) electrons. The molecule has 0 aromatic heterocycles. The number of aliphatic carboxylic acids is 1. The summed E-state index contributed by atoms with van der Waals surface area (Å²) in [5.74, 6) is -0.972. The van der Waals surface area contributed by atoms with E-state index in [0.29, 0.717) is 0 Å². The van der Waals surface area contributed by atoms with Crippen LogP contribution in [0.2, 0.25) is 0 Å². The summed E-state index contributed by atoms with van der Waals surface area (Å²) in [6.07, 6.45) is 0. The van der Waals surface area contributed by atoms with Crippen molar-refractivity contribution in [2.24, 2.45) is 5.92 Å². The van der Waals surface area contributed by atoms with E-state index in [1.165, 1.54) is 0 Å². The van der Waals surface area contributed by atoms with Crippen LogP contribution in [0.15, 0.2) is 26.3 Å². The second kappa shape index (κ2) is 15.7. The molecule has 0 aliphatic rings. The first-order valence-corrected chi connectivity index (χ1v) is 2.87. The molecule has 0 aliphatic carbocycles. The van der Waals surface area contributed by atoms with Crippen LogP contribution in [0.5, 0.6) is 0 Å². The van der Waals surface area contributed by atoms with Crippen LogP contribution >= 0.6 is 0 Å². The Bertz CT molecular complexity index is 75.3. The number of carboxylic acid groups (broad SMARTS) is 1. The molecule has 0 fully saturated rings. The monoisotopic (exact) mass is 144 g/mol. The molecule has 0 saturated carbocycles. The van der Waals surface area contributed by atoms with Crippen molar-refractivity contribution < 1.29 is 9.90 Å². The van der Waals surface area contributed by atoms with Crippen LogP contribution in [0.25, 0.3) is 0 Å². The van der Waals surface area contributed by atoms with Gasteiger partial charge in [0.2, 0.25) is 0 Å². The molecule has 0 amide bonds. The fourth-order valence-electron chi connectivity index (χ4n) is 0. The normalized spacial score (nSPS) is 6.30. The van der Waals surface area contributed by atoms with Crippen molar-refractivity contribution in [3.63, 3.8) is 0 Å². The molecular weight excluding hydrogens is 128 g/mol. The Kier molecular flexibility index (Phi) is 25.0. The average Bonchev–Trinajstić information content (AvgIpc) is 1.96. The summed E-state index contributed by atoms with van der Waals surface area (Å²) in [5, 5.41) is 7.99. The van der Waals surface area contributed by atoms with E-state index in [4.69, 9.17) is 5.11 Å². The predicted octanol–water partition coefficient (Wildman–Crippen LogP) is 2.33. The van der Waals surface area contributed by atoms with Crippen LogP contribution in [0.1, 0.15) is 13.8 Å². The average molecular weight is 144 g/mol. The van der Waals surface area contributed by atoms with E-state index < -0.39 is 5.97 Å². The van der Waals surface area contributed by atoms with Gasteiger partial charge in [0.15, 0.2) is 0 Å². The molecule has 0 saturated heterocycles. The zero-order chi connectivity index (χ0) is 9.15. The summed E-state index contributed by atoms with van der Waals surface area (Å²) in [4.78, 5) is 9.70. The lowest BCUT2D eigenvalue weighted by molar-refractivity contribution is -0.140. The van der Waals surface area contributed by atoms with Gasteiger partial charge in [-0.15, -0.1) is 26.3 Å². The molecule has 0 atom stereocenters. The third-order valence-corrected chi connectivity index (χ3v) is 0.494. The van der Waals surface area contributed by atoms with Gasteiger partial charge in [-0.1, -0.05) is 13.8 Å². The first-order valence-electron chi connectivity index (χ1n) is 2.87. The second-order valence-electron chi connectivity index (χ2n) is 1.49. The van der Waals surface area contributed by atoms with Gasteiger partial charge in [0, 0.05) is 0 Å². The highest BCUT2D eigenvalue weighted by molar-refractivity contribution is 5.68. The third-order valence-electron chi connectivity index (χ3n) is 0.494. The van der Waals surface area contributed by atoms with Crippen LogP contribution in [0, 0.1) is 5.92 Å². The van der Waals surface area contributed by atoms with Gasteiger partial charge < -0.3 is 5.11 Å². The van der Waals surface area contributed by atoms with Gasteiger partial charge in [0.25, 0.3) is 0 Å². The van der Waals surface area contributed by atoms with Crippen molar-refractivity contribution in [3.8, 4) is 0 Å². The van der Waals surface area contributed by atoms with Gasteiger partial charge in [0.05, 0.1) is 5.92 Å². The molecule has 0 unspecified atom stereocenters. The highest BCUT2D eigenvalue weighted by Gasteiger charge is 1.99. The summed E-state index contributed by atoms with van der Waals surface area (Å²) in [6, 6.07) is 0. The molecule has 0 rings (SSSR count). The quantitative estimate of drug-likeness (QED) is 0.573. The van der Waals surface area contributed by atoms with E-state index in [-0.39, 0.29) is 5.92 Å². The van der Waals surface area contributed by atoms with Gasteiger partial charge in [0.1, 0.15) is 0 Å². The van der Waals surface area contributed by atoms with E-state index >= 15 is 0 Å². The summed E-state index contributed by atoms with van der Waals surface area (Å²) < 4.78 is 0. The molecule has 2 heteroatoms. The van der Waals surface area contributed by atoms with Gasteiger partial charge in [-0.3, -0.25) is 4.79 Å². The Morgan fingerprint density at radius 3 is 1.30 bits per heavy atom. The van der Waals surface area contributed by atoms with E-state index in [9.17, 15) is 4.79 Å². The minimum Gasteiger partial charge on any atom is -0.481 e. The van der Waals surface area contributed by atoms with Crippen LogP contribution in [-0.4, -0.2) is 11.1 Å². The molecule has 1 N–H and O–H groups in total.